The molecule has 0 N–H and O–H groups in total. The van der Waals surface area contributed by atoms with Crippen molar-refractivity contribution in [3.8, 4) is 6.07 Å². The second kappa shape index (κ2) is 6.88. The van der Waals surface area contributed by atoms with Crippen LogP contribution >= 0.6 is 11.6 Å². The van der Waals surface area contributed by atoms with Crippen molar-refractivity contribution in [2.75, 3.05) is 0 Å². The normalized spacial score (nSPS) is 11.3. The zero-order chi connectivity index (χ0) is 14.4. The van der Waals surface area contributed by atoms with E-state index >= 15 is 0 Å². The number of nitrogens with zero attached hydrogens (tertiary/aromatic N) is 4. The van der Waals surface area contributed by atoms with Crippen molar-refractivity contribution in [2.24, 2.45) is 0 Å². The molecule has 0 aliphatic carbocycles. The Bertz CT molecular complexity index is 635. The lowest BCUT2D eigenvalue weighted by Gasteiger charge is -1.98. The molecule has 0 saturated carbocycles. The van der Waals surface area contributed by atoms with Gasteiger partial charge in [0, 0.05) is 17.6 Å². The van der Waals surface area contributed by atoms with E-state index in [0.717, 1.165) is 24.9 Å². The third-order valence-electron chi connectivity index (χ3n) is 2.84. The van der Waals surface area contributed by atoms with Gasteiger partial charge >= 0.3 is 0 Å². The minimum Gasteiger partial charge on any atom is -0.252 e. The average molecular weight is 287 g/mol. The van der Waals surface area contributed by atoms with Gasteiger partial charge in [0.25, 0.3) is 0 Å². The lowest BCUT2D eigenvalue weighted by Crippen LogP contribution is -1.98. The summed E-state index contributed by atoms with van der Waals surface area (Å²) in [6, 6.07) is 9.31. The first-order valence-corrected chi connectivity index (χ1v) is 6.88. The molecule has 0 unspecified atom stereocenters. The van der Waals surface area contributed by atoms with Gasteiger partial charge in [-0.2, -0.15) is 10.4 Å². The number of benzene rings is 1. The smallest absolute Gasteiger partial charge is 0.175 e. The number of hydrogen-bond acceptors (Lipinski definition) is 3. The van der Waals surface area contributed by atoms with Gasteiger partial charge in [0.1, 0.15) is 6.33 Å². The van der Waals surface area contributed by atoms with Crippen LogP contribution in [-0.4, -0.2) is 14.8 Å². The van der Waals surface area contributed by atoms with E-state index in [4.69, 9.17) is 11.6 Å². The van der Waals surface area contributed by atoms with E-state index in [9.17, 15) is 5.26 Å². The lowest BCUT2D eigenvalue weighted by atomic mass is 10.1. The van der Waals surface area contributed by atoms with E-state index in [1.807, 2.05) is 12.1 Å². The molecule has 0 radical (unpaired) electrons. The van der Waals surface area contributed by atoms with Crippen molar-refractivity contribution < 1.29 is 0 Å². The van der Waals surface area contributed by atoms with Crippen LogP contribution in [0.25, 0.3) is 11.6 Å². The number of aromatic nitrogens is 3. The minimum absolute atomic E-state index is 0.523. The third kappa shape index (κ3) is 3.69. The first kappa shape index (κ1) is 14.3. The second-order valence-electron chi connectivity index (χ2n) is 4.40. The van der Waals surface area contributed by atoms with Gasteiger partial charge in [-0.15, -0.1) is 0 Å². The van der Waals surface area contributed by atoms with Gasteiger partial charge in [0.15, 0.2) is 5.82 Å². The number of halogens is 1. The van der Waals surface area contributed by atoms with Crippen LogP contribution in [0.1, 0.15) is 31.2 Å². The van der Waals surface area contributed by atoms with Crippen molar-refractivity contribution in [1.29, 1.82) is 5.26 Å². The molecule has 0 bridgehead atoms. The second-order valence-corrected chi connectivity index (χ2v) is 4.83. The standard InChI is InChI=1S/C15H15ClN4/c1-2-3-8-20-11-18-15(19-20)9-13(10-17)12-4-6-14(16)7-5-12/h4-7,9,11H,2-3,8H2,1H3. The minimum atomic E-state index is 0.523. The van der Waals surface area contributed by atoms with E-state index in [-0.39, 0.29) is 0 Å². The van der Waals surface area contributed by atoms with E-state index in [0.29, 0.717) is 16.4 Å². The predicted molar refractivity (Wildman–Crippen MR) is 79.9 cm³/mol. The van der Waals surface area contributed by atoms with Gasteiger partial charge < -0.3 is 0 Å². The maximum absolute atomic E-state index is 9.24. The summed E-state index contributed by atoms with van der Waals surface area (Å²) in [5.74, 6) is 0.549. The van der Waals surface area contributed by atoms with Gasteiger partial charge in [0.05, 0.1) is 11.6 Å². The maximum Gasteiger partial charge on any atom is 0.175 e. The molecule has 5 heteroatoms. The summed E-state index contributed by atoms with van der Waals surface area (Å²) >= 11 is 5.84. The fraction of sp³-hybridized carbons (Fsp3) is 0.267. The van der Waals surface area contributed by atoms with Gasteiger partial charge in [-0.1, -0.05) is 37.1 Å². The molecule has 0 atom stereocenters. The molecule has 2 aromatic rings. The molecule has 102 valence electrons. The first-order chi connectivity index (χ1) is 9.72. The number of aryl methyl sites for hydroxylation is 1. The van der Waals surface area contributed by atoms with Crippen molar-refractivity contribution in [3.05, 3.63) is 47.0 Å². The Morgan fingerprint density at radius 2 is 2.15 bits per heavy atom. The van der Waals surface area contributed by atoms with Gasteiger partial charge in [-0.3, -0.25) is 4.68 Å². The third-order valence-corrected chi connectivity index (χ3v) is 3.10. The molecule has 4 nitrogen and oxygen atoms in total. The monoisotopic (exact) mass is 286 g/mol. The van der Waals surface area contributed by atoms with Gasteiger partial charge in [-0.25, -0.2) is 4.98 Å². The quantitative estimate of drug-likeness (QED) is 0.786. The van der Waals surface area contributed by atoms with Crippen LogP contribution in [0.4, 0.5) is 0 Å². The lowest BCUT2D eigenvalue weighted by molar-refractivity contribution is 0.569. The molecule has 2 rings (SSSR count). The zero-order valence-corrected chi connectivity index (χ0v) is 12.0. The van der Waals surface area contributed by atoms with Crippen molar-refractivity contribution in [2.45, 2.75) is 26.3 Å². The Kier molecular flexibility index (Phi) is 4.91. The Balaban J connectivity index is 2.20. The zero-order valence-electron chi connectivity index (χ0n) is 11.3. The molecule has 20 heavy (non-hydrogen) atoms. The number of allylic oxidation sites excluding steroid dienone is 1. The van der Waals surface area contributed by atoms with Crippen LogP contribution in [0.5, 0.6) is 0 Å². The summed E-state index contributed by atoms with van der Waals surface area (Å²) in [5, 5.41) is 14.2. The highest BCUT2D eigenvalue weighted by Gasteiger charge is 2.04. The van der Waals surface area contributed by atoms with E-state index in [2.05, 4.69) is 23.1 Å². The summed E-state index contributed by atoms with van der Waals surface area (Å²) < 4.78 is 1.80. The molecule has 1 aromatic heterocycles. The molecule has 1 aromatic carbocycles. The first-order valence-electron chi connectivity index (χ1n) is 6.50. The van der Waals surface area contributed by atoms with Crippen molar-refractivity contribution in [1.82, 2.24) is 14.8 Å². The van der Waals surface area contributed by atoms with E-state index < -0.39 is 0 Å². The summed E-state index contributed by atoms with van der Waals surface area (Å²) in [5.41, 5.74) is 1.33. The molecule has 1 heterocycles. The molecule has 0 aliphatic rings. The van der Waals surface area contributed by atoms with Crippen LogP contribution in [0.3, 0.4) is 0 Å². The molecule has 0 saturated heterocycles. The summed E-state index contributed by atoms with van der Waals surface area (Å²) in [7, 11) is 0. The maximum atomic E-state index is 9.24. The number of hydrogen-bond donors (Lipinski definition) is 0. The Labute approximate surface area is 123 Å². The average Bonchev–Trinajstić information content (AvgIpc) is 2.91. The summed E-state index contributed by atoms with van der Waals surface area (Å²) in [6.07, 6.45) is 5.55. The fourth-order valence-corrected chi connectivity index (χ4v) is 1.87. The topological polar surface area (TPSA) is 54.5 Å². The predicted octanol–water partition coefficient (Wildman–Crippen LogP) is 3.80. The highest BCUT2D eigenvalue weighted by atomic mass is 35.5. The van der Waals surface area contributed by atoms with E-state index in [1.165, 1.54) is 0 Å². The van der Waals surface area contributed by atoms with Crippen LogP contribution in [-0.2, 0) is 6.54 Å². The van der Waals surface area contributed by atoms with Crippen LogP contribution in [0.2, 0.25) is 5.02 Å². The van der Waals surface area contributed by atoms with E-state index in [1.54, 1.807) is 29.2 Å². The molecule has 0 amide bonds. The SMILES string of the molecule is CCCCn1cnc(C=C(C#N)c2ccc(Cl)cc2)n1. The number of rotatable bonds is 5. The van der Waals surface area contributed by atoms with Crippen molar-refractivity contribution >= 4 is 23.3 Å². The fourth-order valence-electron chi connectivity index (χ4n) is 1.74. The van der Waals surface area contributed by atoms with Crippen molar-refractivity contribution in [3.63, 3.8) is 0 Å². The van der Waals surface area contributed by atoms with Gasteiger partial charge in [-0.05, 0) is 24.1 Å². The largest absolute Gasteiger partial charge is 0.252 e. The Morgan fingerprint density at radius 3 is 2.80 bits per heavy atom. The molecule has 0 fully saturated rings. The molecule has 0 spiro atoms. The van der Waals surface area contributed by atoms with Gasteiger partial charge in [0.2, 0.25) is 0 Å². The molecule has 0 aliphatic heterocycles. The number of nitriles is 1. The Morgan fingerprint density at radius 1 is 1.40 bits per heavy atom. The molecular weight excluding hydrogens is 272 g/mol. The van der Waals surface area contributed by atoms with Crippen LogP contribution in [0.15, 0.2) is 30.6 Å². The highest BCUT2D eigenvalue weighted by molar-refractivity contribution is 6.30. The molecular formula is C15H15ClN4. The number of unbranched alkanes of at least 4 members (excludes halogenated alkanes) is 1. The summed E-state index contributed by atoms with van der Waals surface area (Å²) in [4.78, 5) is 4.20. The van der Waals surface area contributed by atoms with Crippen LogP contribution < -0.4 is 0 Å². The summed E-state index contributed by atoms with van der Waals surface area (Å²) in [6.45, 7) is 2.98. The highest BCUT2D eigenvalue weighted by Crippen LogP contribution is 2.18. The van der Waals surface area contributed by atoms with Crippen LogP contribution in [0, 0.1) is 11.3 Å². The Hall–Kier alpha value is -2.12.